The van der Waals surface area contributed by atoms with Crippen molar-refractivity contribution in [2.75, 3.05) is 25.1 Å². The second-order valence-electron chi connectivity index (χ2n) is 5.51. The average Bonchev–Trinajstić information content (AvgIpc) is 2.57. The molecule has 7 nitrogen and oxygen atoms in total. The second kappa shape index (κ2) is 5.75. The van der Waals surface area contributed by atoms with E-state index < -0.39 is 0 Å². The smallest absolute Gasteiger partial charge is 0.308 e. The maximum Gasteiger partial charge on any atom is 0.308 e. The zero-order valence-electron chi connectivity index (χ0n) is 12.6. The molecule has 0 amide bonds. The van der Waals surface area contributed by atoms with Crippen molar-refractivity contribution in [1.29, 1.82) is 0 Å². The number of carbonyl (C=O) groups excluding carboxylic acids is 1. The number of aromatic nitrogens is 3. The fraction of sp³-hybridized carbons (Fsp3) is 0.467. The number of rotatable bonds is 2. The quantitative estimate of drug-likeness (QED) is 0.833. The lowest BCUT2D eigenvalue weighted by molar-refractivity contribution is -0.146. The molecule has 1 aliphatic heterocycles. The van der Waals surface area contributed by atoms with Gasteiger partial charge in [-0.25, -0.2) is 10.1 Å². The molecule has 116 valence electrons. The van der Waals surface area contributed by atoms with Crippen LogP contribution in [-0.4, -0.2) is 41.3 Å². The summed E-state index contributed by atoms with van der Waals surface area (Å²) in [4.78, 5) is 30.0. The lowest BCUT2D eigenvalue weighted by Gasteiger charge is -2.31. The highest BCUT2D eigenvalue weighted by molar-refractivity contribution is 5.84. The standard InChI is InChI=1S/C15H18N4O3/c1-9-12-8-16-13(7-11(12)14(20)18-17-9)19-5-3-10(4-6-19)15(21)22-2/h7-8,10H,3-6H2,1-2H3,(H,18,20). The van der Waals surface area contributed by atoms with E-state index in [9.17, 15) is 9.59 Å². The van der Waals surface area contributed by atoms with Gasteiger partial charge < -0.3 is 9.64 Å². The number of nitrogens with one attached hydrogen (secondary N) is 1. The van der Waals surface area contributed by atoms with Crippen LogP contribution in [0.3, 0.4) is 0 Å². The first-order valence-electron chi connectivity index (χ1n) is 7.28. The number of aromatic amines is 1. The summed E-state index contributed by atoms with van der Waals surface area (Å²) >= 11 is 0. The summed E-state index contributed by atoms with van der Waals surface area (Å²) in [5.41, 5.74) is 0.534. The normalized spacial score (nSPS) is 16.0. The number of carbonyl (C=O) groups is 1. The van der Waals surface area contributed by atoms with E-state index in [0.717, 1.165) is 42.8 Å². The molecule has 0 aliphatic carbocycles. The number of fused-ring (bicyclic) bond motifs is 1. The molecule has 3 rings (SSSR count). The molecule has 1 aliphatic rings. The second-order valence-corrected chi connectivity index (χ2v) is 5.51. The summed E-state index contributed by atoms with van der Waals surface area (Å²) < 4.78 is 4.79. The zero-order chi connectivity index (χ0) is 15.7. The summed E-state index contributed by atoms with van der Waals surface area (Å²) in [7, 11) is 1.42. The van der Waals surface area contributed by atoms with Crippen molar-refractivity contribution in [3.05, 3.63) is 28.3 Å². The van der Waals surface area contributed by atoms with Crippen molar-refractivity contribution in [1.82, 2.24) is 15.2 Å². The minimum Gasteiger partial charge on any atom is -0.469 e. The molecule has 3 heterocycles. The number of anilines is 1. The number of ether oxygens (including phenoxy) is 1. The van der Waals surface area contributed by atoms with Crippen molar-refractivity contribution < 1.29 is 9.53 Å². The fourth-order valence-electron chi connectivity index (χ4n) is 2.86. The van der Waals surface area contributed by atoms with Gasteiger partial charge in [-0.3, -0.25) is 9.59 Å². The molecule has 0 saturated carbocycles. The molecule has 0 spiro atoms. The number of hydrogen-bond acceptors (Lipinski definition) is 6. The van der Waals surface area contributed by atoms with Crippen LogP contribution in [0.1, 0.15) is 18.5 Å². The van der Waals surface area contributed by atoms with E-state index in [-0.39, 0.29) is 17.4 Å². The summed E-state index contributed by atoms with van der Waals surface area (Å²) in [6.45, 7) is 3.28. The van der Waals surface area contributed by atoms with Gasteiger partial charge in [-0.1, -0.05) is 0 Å². The summed E-state index contributed by atoms with van der Waals surface area (Å²) in [6, 6.07) is 1.79. The van der Waals surface area contributed by atoms with Gasteiger partial charge in [-0.15, -0.1) is 0 Å². The lowest BCUT2D eigenvalue weighted by atomic mass is 9.97. The van der Waals surface area contributed by atoms with Gasteiger partial charge in [0.2, 0.25) is 0 Å². The topological polar surface area (TPSA) is 88.2 Å². The van der Waals surface area contributed by atoms with E-state index in [1.807, 2.05) is 6.92 Å². The van der Waals surface area contributed by atoms with Crippen LogP contribution < -0.4 is 10.5 Å². The third kappa shape index (κ3) is 2.54. The lowest BCUT2D eigenvalue weighted by Crippen LogP contribution is -2.37. The molecule has 1 saturated heterocycles. The number of esters is 1. The average molecular weight is 302 g/mol. The largest absolute Gasteiger partial charge is 0.469 e. The van der Waals surface area contributed by atoms with Gasteiger partial charge >= 0.3 is 5.97 Å². The van der Waals surface area contributed by atoms with Crippen LogP contribution >= 0.6 is 0 Å². The van der Waals surface area contributed by atoms with E-state index in [1.54, 1.807) is 12.3 Å². The molecule has 1 N–H and O–H groups in total. The van der Waals surface area contributed by atoms with Crippen LogP contribution in [0, 0.1) is 12.8 Å². The Morgan fingerprint density at radius 3 is 2.77 bits per heavy atom. The van der Waals surface area contributed by atoms with Gasteiger partial charge in [0.05, 0.1) is 24.1 Å². The van der Waals surface area contributed by atoms with Crippen molar-refractivity contribution in [3.8, 4) is 0 Å². The Morgan fingerprint density at radius 1 is 1.36 bits per heavy atom. The number of H-pyrrole nitrogens is 1. The highest BCUT2D eigenvalue weighted by Gasteiger charge is 2.26. The first kappa shape index (κ1) is 14.5. The van der Waals surface area contributed by atoms with Crippen LogP contribution in [-0.2, 0) is 9.53 Å². The Morgan fingerprint density at radius 2 is 2.09 bits per heavy atom. The molecule has 22 heavy (non-hydrogen) atoms. The Labute approximate surface area is 127 Å². The maximum atomic E-state index is 11.9. The summed E-state index contributed by atoms with van der Waals surface area (Å²) in [5, 5.41) is 7.79. The first-order chi connectivity index (χ1) is 10.6. The number of pyridine rings is 1. The van der Waals surface area contributed by atoms with Crippen molar-refractivity contribution in [2.45, 2.75) is 19.8 Å². The van der Waals surface area contributed by atoms with Crippen molar-refractivity contribution in [3.63, 3.8) is 0 Å². The van der Waals surface area contributed by atoms with Crippen LogP contribution in [0.15, 0.2) is 17.1 Å². The SMILES string of the molecule is COC(=O)C1CCN(c2cc3c(=O)[nH]nc(C)c3cn2)CC1. The molecule has 2 aromatic heterocycles. The van der Waals surface area contributed by atoms with Crippen LogP contribution in [0.5, 0.6) is 0 Å². The maximum absolute atomic E-state index is 11.9. The minimum atomic E-state index is -0.214. The van der Waals surface area contributed by atoms with Gasteiger partial charge in [0.25, 0.3) is 5.56 Å². The van der Waals surface area contributed by atoms with Crippen LogP contribution in [0.4, 0.5) is 5.82 Å². The van der Waals surface area contributed by atoms with Gasteiger partial charge in [-0.2, -0.15) is 5.10 Å². The molecule has 0 atom stereocenters. The van der Waals surface area contributed by atoms with Crippen molar-refractivity contribution >= 4 is 22.6 Å². The Hall–Kier alpha value is -2.44. The van der Waals surface area contributed by atoms with E-state index in [4.69, 9.17) is 4.74 Å². The van der Waals surface area contributed by atoms with E-state index in [0.29, 0.717) is 5.39 Å². The Bertz CT molecular complexity index is 763. The predicted molar refractivity (Wildman–Crippen MR) is 81.8 cm³/mol. The molecule has 0 unspecified atom stereocenters. The molecule has 0 bridgehead atoms. The molecule has 1 fully saturated rings. The van der Waals surface area contributed by atoms with Gasteiger partial charge in [0, 0.05) is 24.7 Å². The number of aryl methyl sites for hydroxylation is 1. The number of piperidine rings is 1. The summed E-state index contributed by atoms with van der Waals surface area (Å²) in [5.74, 6) is 0.563. The van der Waals surface area contributed by atoms with Crippen molar-refractivity contribution in [2.24, 2.45) is 5.92 Å². The van der Waals surface area contributed by atoms with E-state index >= 15 is 0 Å². The van der Waals surface area contributed by atoms with Gasteiger partial charge in [-0.05, 0) is 25.8 Å². The third-order valence-corrected chi connectivity index (χ3v) is 4.20. The Balaban J connectivity index is 1.85. The monoisotopic (exact) mass is 302 g/mol. The van der Waals surface area contributed by atoms with Crippen LogP contribution in [0.2, 0.25) is 0 Å². The number of nitrogens with zero attached hydrogens (tertiary/aromatic N) is 3. The molecular weight excluding hydrogens is 284 g/mol. The van der Waals surface area contributed by atoms with Gasteiger partial charge in [0.15, 0.2) is 0 Å². The number of methoxy groups -OCH3 is 1. The summed E-state index contributed by atoms with van der Waals surface area (Å²) in [6.07, 6.45) is 3.16. The molecule has 7 heteroatoms. The van der Waals surface area contributed by atoms with Gasteiger partial charge in [0.1, 0.15) is 5.82 Å². The Kier molecular flexibility index (Phi) is 3.79. The zero-order valence-corrected chi connectivity index (χ0v) is 12.6. The fourth-order valence-corrected chi connectivity index (χ4v) is 2.86. The minimum absolute atomic E-state index is 0.0449. The first-order valence-corrected chi connectivity index (χ1v) is 7.28. The number of hydrogen-bond donors (Lipinski definition) is 1. The molecule has 0 radical (unpaired) electrons. The predicted octanol–water partition coefficient (Wildman–Crippen LogP) is 1.02. The highest BCUT2D eigenvalue weighted by Crippen LogP contribution is 2.24. The van der Waals surface area contributed by atoms with E-state index in [2.05, 4.69) is 20.1 Å². The molecular formula is C15H18N4O3. The van der Waals surface area contributed by atoms with E-state index in [1.165, 1.54) is 7.11 Å². The highest BCUT2D eigenvalue weighted by atomic mass is 16.5. The molecule has 2 aromatic rings. The molecule has 0 aromatic carbocycles. The third-order valence-electron chi connectivity index (χ3n) is 4.20. The van der Waals surface area contributed by atoms with Crippen LogP contribution in [0.25, 0.3) is 10.8 Å².